The fourth-order valence-electron chi connectivity index (χ4n) is 3.37. The molecule has 0 unspecified atom stereocenters. The molecule has 2 amide bonds. The van der Waals surface area contributed by atoms with Crippen LogP contribution in [0.1, 0.15) is 31.2 Å². The van der Waals surface area contributed by atoms with E-state index in [1.54, 1.807) is 7.05 Å². The van der Waals surface area contributed by atoms with Crippen LogP contribution in [0, 0.1) is 0 Å². The van der Waals surface area contributed by atoms with Crippen LogP contribution in [0.2, 0.25) is 0 Å². The van der Waals surface area contributed by atoms with Crippen LogP contribution in [-0.4, -0.2) is 66.0 Å². The quantitative estimate of drug-likeness (QED) is 0.774. The van der Waals surface area contributed by atoms with Gasteiger partial charge in [0, 0.05) is 57.7 Å². The standard InChI is InChI=1S/C17H26N6O2/c1-18-15(24)9-14-16(25)19-5-8-23(14)12-13-10-20-17(21-11-13)22-6-3-2-4-7-22/h10-11,14H,2-9,12H2,1H3,(H,18,24)(H,19,25)/t14-/m0/s1. The van der Waals surface area contributed by atoms with Crippen LogP contribution >= 0.6 is 0 Å². The van der Waals surface area contributed by atoms with Crippen LogP contribution in [0.3, 0.4) is 0 Å². The van der Waals surface area contributed by atoms with Crippen LogP contribution in [0.15, 0.2) is 12.4 Å². The van der Waals surface area contributed by atoms with E-state index in [9.17, 15) is 9.59 Å². The average molecular weight is 346 g/mol. The first-order valence-electron chi connectivity index (χ1n) is 8.95. The van der Waals surface area contributed by atoms with Gasteiger partial charge in [0.25, 0.3) is 0 Å². The average Bonchev–Trinajstić information content (AvgIpc) is 2.65. The zero-order chi connectivity index (χ0) is 17.6. The van der Waals surface area contributed by atoms with Gasteiger partial charge in [0.2, 0.25) is 17.8 Å². The Bertz CT molecular complexity index is 600. The van der Waals surface area contributed by atoms with Crippen molar-refractivity contribution >= 4 is 17.8 Å². The van der Waals surface area contributed by atoms with E-state index in [-0.39, 0.29) is 18.2 Å². The SMILES string of the molecule is CNC(=O)C[C@H]1C(=O)NCCN1Cc1cnc(N2CCCCC2)nc1. The highest BCUT2D eigenvalue weighted by molar-refractivity contribution is 5.88. The van der Waals surface area contributed by atoms with Gasteiger partial charge in [-0.2, -0.15) is 0 Å². The van der Waals surface area contributed by atoms with Crippen molar-refractivity contribution in [3.8, 4) is 0 Å². The third-order valence-electron chi connectivity index (χ3n) is 4.82. The van der Waals surface area contributed by atoms with Crippen molar-refractivity contribution < 1.29 is 9.59 Å². The van der Waals surface area contributed by atoms with E-state index >= 15 is 0 Å². The number of aromatic nitrogens is 2. The lowest BCUT2D eigenvalue weighted by atomic mass is 10.1. The number of piperidine rings is 1. The summed E-state index contributed by atoms with van der Waals surface area (Å²) < 4.78 is 0. The molecule has 1 aromatic rings. The summed E-state index contributed by atoms with van der Waals surface area (Å²) in [6.07, 6.45) is 7.48. The van der Waals surface area contributed by atoms with Gasteiger partial charge in [0.1, 0.15) is 0 Å². The summed E-state index contributed by atoms with van der Waals surface area (Å²) in [4.78, 5) is 37.1. The third kappa shape index (κ3) is 4.45. The summed E-state index contributed by atoms with van der Waals surface area (Å²) in [7, 11) is 1.58. The summed E-state index contributed by atoms with van der Waals surface area (Å²) in [6.45, 7) is 3.89. The summed E-state index contributed by atoms with van der Waals surface area (Å²) in [5, 5.41) is 5.42. The molecule has 1 aromatic heterocycles. The fourth-order valence-corrected chi connectivity index (χ4v) is 3.37. The molecule has 0 radical (unpaired) electrons. The van der Waals surface area contributed by atoms with E-state index in [0.717, 1.165) is 24.6 Å². The van der Waals surface area contributed by atoms with Crippen LogP contribution in [0.5, 0.6) is 0 Å². The van der Waals surface area contributed by atoms with Gasteiger partial charge in [-0.05, 0) is 19.3 Å². The molecule has 136 valence electrons. The molecular weight excluding hydrogens is 320 g/mol. The molecule has 8 nitrogen and oxygen atoms in total. The minimum absolute atomic E-state index is 0.0966. The van der Waals surface area contributed by atoms with Crippen LogP contribution in [-0.2, 0) is 16.1 Å². The molecule has 1 atom stereocenters. The van der Waals surface area contributed by atoms with Crippen molar-refractivity contribution in [1.29, 1.82) is 0 Å². The van der Waals surface area contributed by atoms with Gasteiger partial charge < -0.3 is 15.5 Å². The summed E-state index contributed by atoms with van der Waals surface area (Å²) in [6, 6.07) is -0.449. The van der Waals surface area contributed by atoms with Gasteiger partial charge in [0.15, 0.2) is 0 Å². The molecule has 8 heteroatoms. The Morgan fingerprint density at radius 2 is 1.96 bits per heavy atom. The van der Waals surface area contributed by atoms with Crippen molar-refractivity contribution in [2.45, 2.75) is 38.3 Å². The highest BCUT2D eigenvalue weighted by atomic mass is 16.2. The van der Waals surface area contributed by atoms with Gasteiger partial charge in [-0.15, -0.1) is 0 Å². The predicted octanol–water partition coefficient (Wildman–Crippen LogP) is -0.0966. The minimum Gasteiger partial charge on any atom is -0.359 e. The molecule has 0 aromatic carbocycles. The number of carbonyl (C=O) groups is 2. The van der Waals surface area contributed by atoms with Crippen molar-refractivity contribution in [1.82, 2.24) is 25.5 Å². The van der Waals surface area contributed by atoms with Crippen molar-refractivity contribution in [3.63, 3.8) is 0 Å². The number of carbonyl (C=O) groups excluding carboxylic acids is 2. The molecule has 2 aliphatic rings. The Hall–Kier alpha value is -2.22. The third-order valence-corrected chi connectivity index (χ3v) is 4.82. The number of hydrogen-bond acceptors (Lipinski definition) is 6. The molecule has 2 aliphatic heterocycles. The summed E-state index contributed by atoms with van der Waals surface area (Å²) >= 11 is 0. The smallest absolute Gasteiger partial charge is 0.237 e. The lowest BCUT2D eigenvalue weighted by Gasteiger charge is -2.34. The molecule has 25 heavy (non-hydrogen) atoms. The largest absolute Gasteiger partial charge is 0.359 e. The van der Waals surface area contributed by atoms with Gasteiger partial charge in [-0.1, -0.05) is 0 Å². The number of anilines is 1. The highest BCUT2D eigenvalue weighted by Crippen LogP contribution is 2.17. The Balaban J connectivity index is 1.64. The first kappa shape index (κ1) is 17.6. The molecular formula is C17H26N6O2. The Labute approximate surface area is 148 Å². The number of nitrogens with one attached hydrogen (secondary N) is 2. The maximum atomic E-state index is 12.1. The molecule has 0 saturated carbocycles. The fraction of sp³-hybridized carbons (Fsp3) is 0.647. The van der Waals surface area contributed by atoms with Crippen molar-refractivity contribution in [2.75, 3.05) is 38.1 Å². The van der Waals surface area contributed by atoms with E-state index in [0.29, 0.717) is 19.6 Å². The zero-order valence-corrected chi connectivity index (χ0v) is 14.7. The Kier molecular flexibility index (Phi) is 5.80. The number of nitrogens with zero attached hydrogens (tertiary/aromatic N) is 4. The molecule has 2 saturated heterocycles. The topological polar surface area (TPSA) is 90.5 Å². The monoisotopic (exact) mass is 346 g/mol. The zero-order valence-electron chi connectivity index (χ0n) is 14.7. The van der Waals surface area contributed by atoms with E-state index in [2.05, 4.69) is 25.5 Å². The normalized spacial score (nSPS) is 21.7. The highest BCUT2D eigenvalue weighted by Gasteiger charge is 2.31. The molecule has 0 spiro atoms. The van der Waals surface area contributed by atoms with E-state index in [1.807, 2.05) is 17.3 Å². The molecule has 3 rings (SSSR count). The molecule has 0 bridgehead atoms. The predicted molar refractivity (Wildman–Crippen MR) is 94.0 cm³/mol. The van der Waals surface area contributed by atoms with Gasteiger partial charge in [-0.3, -0.25) is 14.5 Å². The van der Waals surface area contributed by atoms with E-state index in [1.165, 1.54) is 19.3 Å². The Morgan fingerprint density at radius 3 is 2.64 bits per heavy atom. The molecule has 0 aliphatic carbocycles. The van der Waals surface area contributed by atoms with E-state index in [4.69, 9.17) is 0 Å². The second kappa shape index (κ2) is 8.24. The van der Waals surface area contributed by atoms with Gasteiger partial charge in [-0.25, -0.2) is 9.97 Å². The summed E-state index contributed by atoms with van der Waals surface area (Å²) in [5.74, 6) is 0.547. The second-order valence-corrected chi connectivity index (χ2v) is 6.59. The molecule has 3 heterocycles. The lowest BCUT2D eigenvalue weighted by Crippen LogP contribution is -2.56. The molecule has 2 N–H and O–H groups in total. The minimum atomic E-state index is -0.449. The van der Waals surface area contributed by atoms with E-state index < -0.39 is 6.04 Å². The first-order valence-corrected chi connectivity index (χ1v) is 8.95. The number of piperazine rings is 1. The maximum absolute atomic E-state index is 12.1. The van der Waals surface area contributed by atoms with Gasteiger partial charge in [0.05, 0.1) is 12.5 Å². The molecule has 2 fully saturated rings. The Morgan fingerprint density at radius 1 is 1.24 bits per heavy atom. The lowest BCUT2D eigenvalue weighted by molar-refractivity contribution is -0.134. The van der Waals surface area contributed by atoms with Crippen LogP contribution in [0.25, 0.3) is 0 Å². The first-order chi connectivity index (χ1) is 12.2. The maximum Gasteiger partial charge on any atom is 0.237 e. The van der Waals surface area contributed by atoms with Gasteiger partial charge >= 0.3 is 0 Å². The number of amides is 2. The summed E-state index contributed by atoms with van der Waals surface area (Å²) in [5.41, 5.74) is 0.956. The second-order valence-electron chi connectivity index (χ2n) is 6.59. The number of hydrogen-bond donors (Lipinski definition) is 2. The van der Waals surface area contributed by atoms with Crippen LogP contribution in [0.4, 0.5) is 5.95 Å². The van der Waals surface area contributed by atoms with Crippen molar-refractivity contribution in [3.05, 3.63) is 18.0 Å². The van der Waals surface area contributed by atoms with Crippen molar-refractivity contribution in [2.24, 2.45) is 0 Å². The van der Waals surface area contributed by atoms with Crippen LogP contribution < -0.4 is 15.5 Å². The number of rotatable bonds is 5.